The lowest BCUT2D eigenvalue weighted by Gasteiger charge is -2.27. The van der Waals surface area contributed by atoms with Gasteiger partial charge >= 0.3 is 0 Å². The van der Waals surface area contributed by atoms with Gasteiger partial charge < -0.3 is 9.47 Å². The Morgan fingerprint density at radius 3 is 2.79 bits per heavy atom. The fourth-order valence-electron chi connectivity index (χ4n) is 3.20. The Balaban J connectivity index is 1.88. The van der Waals surface area contributed by atoms with Gasteiger partial charge in [0.1, 0.15) is 5.82 Å². The van der Waals surface area contributed by atoms with E-state index in [-0.39, 0.29) is 5.91 Å². The number of carbonyl (C=O) groups is 1. The summed E-state index contributed by atoms with van der Waals surface area (Å²) in [5.41, 5.74) is 2.83. The van der Waals surface area contributed by atoms with E-state index in [2.05, 4.69) is 25.5 Å². The number of nitrogens with zero attached hydrogens (tertiary/aromatic N) is 3. The van der Waals surface area contributed by atoms with Crippen molar-refractivity contribution in [2.45, 2.75) is 37.6 Å². The Bertz CT molecular complexity index is 785. The molecule has 1 amide bonds. The van der Waals surface area contributed by atoms with E-state index < -0.39 is 0 Å². The van der Waals surface area contributed by atoms with Gasteiger partial charge in [0.25, 0.3) is 5.91 Å². The zero-order chi connectivity index (χ0) is 17.4. The molecule has 0 aliphatic carbocycles. The molecule has 0 atom stereocenters. The summed E-state index contributed by atoms with van der Waals surface area (Å²) in [6.45, 7) is 5.53. The van der Waals surface area contributed by atoms with Gasteiger partial charge in [-0.15, -0.1) is 11.8 Å². The number of rotatable bonds is 3. The lowest BCUT2D eigenvalue weighted by atomic mass is 10.1. The monoisotopic (exact) mass is 363 g/mol. The first-order chi connectivity index (χ1) is 11.4. The minimum atomic E-state index is -0.0155. The number of hydrogen-bond acceptors (Lipinski definition) is 3. The number of fused-ring (bicyclic) bond motifs is 1. The van der Waals surface area contributed by atoms with Crippen LogP contribution in [0.3, 0.4) is 0 Å². The maximum atomic E-state index is 12.9. The van der Waals surface area contributed by atoms with Gasteiger partial charge in [0.2, 0.25) is 0 Å². The Morgan fingerprint density at radius 1 is 1.38 bits per heavy atom. The highest BCUT2D eigenvalue weighted by atomic mass is 35.5. The molecular weight excluding hydrogens is 342 g/mol. The number of hydrogen-bond donors (Lipinski definition) is 0. The molecule has 0 spiro atoms. The molecule has 1 aliphatic rings. The molecule has 0 fully saturated rings. The third-order valence-corrected chi connectivity index (χ3v) is 5.55. The molecule has 6 heteroatoms. The molecule has 3 rings (SSSR count). The van der Waals surface area contributed by atoms with E-state index in [0.717, 1.165) is 22.8 Å². The van der Waals surface area contributed by atoms with Crippen molar-refractivity contribution in [1.82, 2.24) is 14.5 Å². The summed E-state index contributed by atoms with van der Waals surface area (Å²) < 4.78 is 2.18. The van der Waals surface area contributed by atoms with Gasteiger partial charge in [0, 0.05) is 36.5 Å². The van der Waals surface area contributed by atoms with Crippen molar-refractivity contribution in [1.29, 1.82) is 0 Å². The number of benzene rings is 1. The van der Waals surface area contributed by atoms with Crippen LogP contribution in [0.1, 0.15) is 47.3 Å². The van der Waals surface area contributed by atoms with Gasteiger partial charge in [0.05, 0.1) is 22.8 Å². The molecule has 2 heterocycles. The van der Waals surface area contributed by atoms with E-state index in [1.54, 1.807) is 17.8 Å². The summed E-state index contributed by atoms with van der Waals surface area (Å²) in [6.07, 6.45) is 2.82. The summed E-state index contributed by atoms with van der Waals surface area (Å²) in [6, 6.07) is 5.61. The van der Waals surface area contributed by atoms with E-state index in [1.165, 1.54) is 5.69 Å². The highest BCUT2D eigenvalue weighted by Crippen LogP contribution is 2.28. The Morgan fingerprint density at radius 2 is 2.12 bits per heavy atom. The van der Waals surface area contributed by atoms with Crippen LogP contribution in [0, 0.1) is 0 Å². The minimum Gasteiger partial charge on any atom is -0.334 e. The van der Waals surface area contributed by atoms with Crippen LogP contribution in [0.5, 0.6) is 0 Å². The van der Waals surface area contributed by atoms with Gasteiger partial charge in [-0.05, 0) is 24.5 Å². The van der Waals surface area contributed by atoms with Crippen molar-refractivity contribution >= 4 is 29.3 Å². The highest BCUT2D eigenvalue weighted by molar-refractivity contribution is 7.98. The Kier molecular flexibility index (Phi) is 4.92. The Hall–Kier alpha value is -1.46. The lowest BCUT2D eigenvalue weighted by Crippen LogP contribution is -2.36. The molecule has 2 aromatic rings. The maximum absolute atomic E-state index is 12.9. The predicted octanol–water partition coefficient (Wildman–Crippen LogP) is 4.12. The molecule has 1 aromatic carbocycles. The zero-order valence-electron chi connectivity index (χ0n) is 14.5. The summed E-state index contributed by atoms with van der Waals surface area (Å²) in [5.74, 6) is 1.44. The average Bonchev–Trinajstić information content (AvgIpc) is 2.91. The largest absolute Gasteiger partial charge is 0.334 e. The summed E-state index contributed by atoms with van der Waals surface area (Å²) in [7, 11) is 2.07. The van der Waals surface area contributed by atoms with Gasteiger partial charge in [-0.1, -0.05) is 25.4 Å². The third-order valence-electron chi connectivity index (χ3n) is 4.50. The molecule has 128 valence electrons. The molecule has 0 bridgehead atoms. The van der Waals surface area contributed by atoms with Crippen molar-refractivity contribution in [2.24, 2.45) is 7.05 Å². The molecule has 1 aliphatic heterocycles. The average molecular weight is 364 g/mol. The summed E-state index contributed by atoms with van der Waals surface area (Å²) in [5, 5.41) is 0.507. The Labute approximate surface area is 152 Å². The number of thioether (sulfide) groups is 1. The van der Waals surface area contributed by atoms with Crippen LogP contribution in [-0.4, -0.2) is 33.2 Å². The van der Waals surface area contributed by atoms with Gasteiger partial charge in [0.15, 0.2) is 0 Å². The van der Waals surface area contributed by atoms with E-state index in [0.29, 0.717) is 29.6 Å². The quantitative estimate of drug-likeness (QED) is 0.770. The summed E-state index contributed by atoms with van der Waals surface area (Å²) >= 11 is 7.87. The molecular formula is C18H22ClN3OS. The smallest absolute Gasteiger partial charge is 0.255 e. The number of aromatic nitrogens is 2. The maximum Gasteiger partial charge on any atom is 0.255 e. The fourth-order valence-corrected chi connectivity index (χ4v) is 3.84. The lowest BCUT2D eigenvalue weighted by molar-refractivity contribution is 0.0731. The van der Waals surface area contributed by atoms with E-state index in [4.69, 9.17) is 16.6 Å². The van der Waals surface area contributed by atoms with Crippen molar-refractivity contribution in [3.05, 3.63) is 46.0 Å². The summed E-state index contributed by atoms with van der Waals surface area (Å²) in [4.78, 5) is 20.6. The van der Waals surface area contributed by atoms with Gasteiger partial charge in [-0.3, -0.25) is 4.79 Å². The van der Waals surface area contributed by atoms with Crippen LogP contribution in [0.25, 0.3) is 0 Å². The van der Waals surface area contributed by atoms with E-state index in [1.807, 2.05) is 23.3 Å². The molecule has 0 saturated carbocycles. The first-order valence-electron chi connectivity index (χ1n) is 8.09. The van der Waals surface area contributed by atoms with E-state index in [9.17, 15) is 4.79 Å². The molecule has 0 N–H and O–H groups in total. The highest BCUT2D eigenvalue weighted by Gasteiger charge is 2.27. The minimum absolute atomic E-state index is 0.0155. The zero-order valence-corrected chi connectivity index (χ0v) is 16.0. The standard InChI is InChI=1S/C18H22ClN3OS/c1-11(2)17-20-15-10-22(8-7-16(15)21(17)3)18(23)13-9-12(24-4)5-6-14(13)19/h5-6,9,11H,7-8,10H2,1-4H3. The molecule has 1 aromatic heterocycles. The predicted molar refractivity (Wildman–Crippen MR) is 99.0 cm³/mol. The topological polar surface area (TPSA) is 38.1 Å². The number of carbonyl (C=O) groups excluding carboxylic acids is 1. The van der Waals surface area contributed by atoms with Crippen LogP contribution >= 0.6 is 23.4 Å². The van der Waals surface area contributed by atoms with Crippen molar-refractivity contribution < 1.29 is 4.79 Å². The normalized spacial score (nSPS) is 14.2. The number of imidazole rings is 1. The van der Waals surface area contributed by atoms with Crippen LogP contribution in [0.15, 0.2) is 23.1 Å². The van der Waals surface area contributed by atoms with Crippen LogP contribution < -0.4 is 0 Å². The van der Waals surface area contributed by atoms with Crippen molar-refractivity contribution in [3.8, 4) is 0 Å². The first kappa shape index (κ1) is 17.4. The molecule has 0 saturated heterocycles. The molecule has 0 unspecified atom stereocenters. The third kappa shape index (κ3) is 3.07. The first-order valence-corrected chi connectivity index (χ1v) is 9.69. The second-order valence-corrected chi connectivity index (χ2v) is 7.69. The molecule has 4 nitrogen and oxygen atoms in total. The number of amides is 1. The molecule has 0 radical (unpaired) electrons. The fraction of sp³-hybridized carbons (Fsp3) is 0.444. The van der Waals surface area contributed by atoms with Gasteiger partial charge in [-0.2, -0.15) is 0 Å². The van der Waals surface area contributed by atoms with Crippen LogP contribution in [0.2, 0.25) is 5.02 Å². The molecule has 24 heavy (non-hydrogen) atoms. The second-order valence-electron chi connectivity index (χ2n) is 6.40. The van der Waals surface area contributed by atoms with Crippen molar-refractivity contribution in [2.75, 3.05) is 12.8 Å². The van der Waals surface area contributed by atoms with Crippen LogP contribution in [0.4, 0.5) is 0 Å². The number of halogens is 1. The van der Waals surface area contributed by atoms with Gasteiger partial charge in [-0.25, -0.2) is 4.98 Å². The van der Waals surface area contributed by atoms with E-state index >= 15 is 0 Å². The second kappa shape index (κ2) is 6.81. The van der Waals surface area contributed by atoms with Crippen molar-refractivity contribution in [3.63, 3.8) is 0 Å². The van der Waals surface area contributed by atoms with Crippen LogP contribution in [-0.2, 0) is 20.0 Å². The SMILES string of the molecule is CSc1ccc(Cl)c(C(=O)N2CCc3c(nc(C(C)C)n3C)C2)c1.